The molecule has 0 aliphatic carbocycles. The van der Waals surface area contributed by atoms with E-state index in [0.29, 0.717) is 17.4 Å². The number of rotatable bonds is 5. The predicted octanol–water partition coefficient (Wildman–Crippen LogP) is 1.66. The molecule has 1 aromatic rings. The zero-order valence-corrected chi connectivity index (χ0v) is 10.6. The summed E-state index contributed by atoms with van der Waals surface area (Å²) < 4.78 is 0. The maximum atomic E-state index is 10.6. The molecule has 0 spiro atoms. The van der Waals surface area contributed by atoms with Gasteiger partial charge in [0.05, 0.1) is 4.92 Å². The maximum absolute atomic E-state index is 10.6. The summed E-state index contributed by atoms with van der Waals surface area (Å²) in [6.07, 6.45) is 1.29. The summed E-state index contributed by atoms with van der Waals surface area (Å²) in [6.45, 7) is 4.54. The van der Waals surface area contributed by atoms with Crippen LogP contribution in [0.1, 0.15) is 12.5 Å². The summed E-state index contributed by atoms with van der Waals surface area (Å²) in [7, 11) is 4.00. The van der Waals surface area contributed by atoms with Crippen LogP contribution in [0.3, 0.4) is 0 Å². The molecule has 0 radical (unpaired) electrons. The van der Waals surface area contributed by atoms with Crippen LogP contribution in [0.5, 0.6) is 0 Å². The number of hydrogen-bond acceptors (Lipinski definition) is 5. The zero-order valence-electron chi connectivity index (χ0n) is 10.6. The van der Waals surface area contributed by atoms with Crippen LogP contribution in [0.4, 0.5) is 11.5 Å². The van der Waals surface area contributed by atoms with E-state index in [1.807, 2.05) is 14.1 Å². The Morgan fingerprint density at radius 2 is 2.24 bits per heavy atom. The minimum atomic E-state index is -0.422. The lowest BCUT2D eigenvalue weighted by molar-refractivity contribution is -0.385. The molecule has 0 saturated carbocycles. The highest BCUT2D eigenvalue weighted by molar-refractivity contribution is 5.46. The van der Waals surface area contributed by atoms with E-state index in [1.54, 1.807) is 13.0 Å². The van der Waals surface area contributed by atoms with Crippen molar-refractivity contribution in [2.45, 2.75) is 19.9 Å². The number of anilines is 1. The second kappa shape index (κ2) is 5.58. The van der Waals surface area contributed by atoms with Gasteiger partial charge < -0.3 is 10.2 Å². The molecule has 17 heavy (non-hydrogen) atoms. The molecule has 1 aromatic heterocycles. The number of aromatic nitrogens is 1. The van der Waals surface area contributed by atoms with Crippen LogP contribution < -0.4 is 5.32 Å². The van der Waals surface area contributed by atoms with Gasteiger partial charge in [0.2, 0.25) is 0 Å². The Balaban J connectivity index is 2.68. The lowest BCUT2D eigenvalue weighted by Gasteiger charge is -2.20. The molecule has 1 rings (SSSR count). The van der Waals surface area contributed by atoms with E-state index in [9.17, 15) is 10.1 Å². The largest absolute Gasteiger partial charge is 0.369 e. The number of nitrogens with zero attached hydrogens (tertiary/aromatic N) is 3. The highest BCUT2D eigenvalue weighted by Crippen LogP contribution is 2.18. The average molecular weight is 238 g/mol. The van der Waals surface area contributed by atoms with Crippen molar-refractivity contribution in [1.29, 1.82) is 0 Å². The van der Waals surface area contributed by atoms with Crippen LogP contribution in [0.15, 0.2) is 12.3 Å². The fourth-order valence-corrected chi connectivity index (χ4v) is 1.27. The number of likely N-dealkylation sites (N-methyl/N-ethyl adjacent to an activating group) is 1. The van der Waals surface area contributed by atoms with E-state index in [4.69, 9.17) is 0 Å². The van der Waals surface area contributed by atoms with Crippen molar-refractivity contribution in [3.05, 3.63) is 27.9 Å². The molecule has 0 aromatic carbocycles. The molecule has 0 aliphatic heterocycles. The standard InChI is InChI=1S/C11H18N4O2/c1-8-5-11(12-6-9(2)14(3)4)13-7-10(8)15(16)17/h5,7,9H,6H2,1-4H3,(H,12,13). The van der Waals surface area contributed by atoms with Crippen LogP contribution >= 0.6 is 0 Å². The quantitative estimate of drug-likeness (QED) is 0.624. The fraction of sp³-hybridized carbons (Fsp3) is 0.545. The van der Waals surface area contributed by atoms with Gasteiger partial charge in [-0.15, -0.1) is 0 Å². The molecule has 1 N–H and O–H groups in total. The van der Waals surface area contributed by atoms with Gasteiger partial charge in [-0.25, -0.2) is 4.98 Å². The van der Waals surface area contributed by atoms with Crippen molar-refractivity contribution in [3.63, 3.8) is 0 Å². The molecule has 0 fully saturated rings. The first-order valence-corrected chi connectivity index (χ1v) is 5.43. The number of aryl methyl sites for hydroxylation is 1. The highest BCUT2D eigenvalue weighted by Gasteiger charge is 2.11. The van der Waals surface area contributed by atoms with E-state index >= 15 is 0 Å². The topological polar surface area (TPSA) is 71.3 Å². The van der Waals surface area contributed by atoms with Gasteiger partial charge in [0.25, 0.3) is 5.69 Å². The first kappa shape index (κ1) is 13.4. The Kier molecular flexibility index (Phi) is 4.39. The van der Waals surface area contributed by atoms with Gasteiger partial charge in [0.1, 0.15) is 12.0 Å². The summed E-state index contributed by atoms with van der Waals surface area (Å²) in [5.74, 6) is 0.668. The van der Waals surface area contributed by atoms with Crippen molar-refractivity contribution in [3.8, 4) is 0 Å². The van der Waals surface area contributed by atoms with Gasteiger partial charge in [-0.1, -0.05) is 0 Å². The molecule has 0 bridgehead atoms. The van der Waals surface area contributed by atoms with Gasteiger partial charge in [-0.2, -0.15) is 0 Å². The number of pyridine rings is 1. The predicted molar refractivity (Wildman–Crippen MR) is 67.3 cm³/mol. The minimum absolute atomic E-state index is 0.0520. The van der Waals surface area contributed by atoms with Crippen molar-refractivity contribution < 1.29 is 4.92 Å². The zero-order chi connectivity index (χ0) is 13.0. The Labute approximate surface area is 101 Å². The van der Waals surface area contributed by atoms with Gasteiger partial charge in [0, 0.05) is 18.2 Å². The molecular weight excluding hydrogens is 220 g/mol. The Hall–Kier alpha value is -1.69. The van der Waals surface area contributed by atoms with E-state index < -0.39 is 4.92 Å². The third-order valence-corrected chi connectivity index (χ3v) is 2.74. The van der Waals surface area contributed by atoms with Gasteiger partial charge >= 0.3 is 0 Å². The summed E-state index contributed by atoms with van der Waals surface area (Å²) in [4.78, 5) is 16.3. The maximum Gasteiger partial charge on any atom is 0.290 e. The van der Waals surface area contributed by atoms with Crippen LogP contribution in [0.25, 0.3) is 0 Å². The van der Waals surface area contributed by atoms with Crippen LogP contribution in [-0.4, -0.2) is 41.5 Å². The summed E-state index contributed by atoms with van der Waals surface area (Å²) in [5.41, 5.74) is 0.668. The molecule has 6 heteroatoms. The molecular formula is C11H18N4O2. The Morgan fingerprint density at radius 1 is 1.59 bits per heavy atom. The summed E-state index contributed by atoms with van der Waals surface area (Å²) in [6, 6.07) is 2.06. The minimum Gasteiger partial charge on any atom is -0.369 e. The SMILES string of the molecule is Cc1cc(NCC(C)N(C)C)ncc1[N+](=O)[O-]. The van der Waals surface area contributed by atoms with Crippen LogP contribution in [-0.2, 0) is 0 Å². The van der Waals surface area contributed by atoms with E-state index in [0.717, 1.165) is 6.54 Å². The monoisotopic (exact) mass is 238 g/mol. The van der Waals surface area contributed by atoms with Crippen molar-refractivity contribution >= 4 is 11.5 Å². The fourth-order valence-electron chi connectivity index (χ4n) is 1.27. The smallest absolute Gasteiger partial charge is 0.290 e. The molecule has 1 heterocycles. The Morgan fingerprint density at radius 3 is 2.71 bits per heavy atom. The molecule has 0 saturated heterocycles. The number of nitrogens with one attached hydrogen (secondary N) is 1. The molecule has 1 atom stereocenters. The third-order valence-electron chi connectivity index (χ3n) is 2.74. The van der Waals surface area contributed by atoms with Gasteiger partial charge in [-0.3, -0.25) is 10.1 Å². The van der Waals surface area contributed by atoms with E-state index in [-0.39, 0.29) is 5.69 Å². The average Bonchev–Trinajstić information content (AvgIpc) is 2.25. The second-order valence-electron chi connectivity index (χ2n) is 4.31. The van der Waals surface area contributed by atoms with Gasteiger partial charge in [0.15, 0.2) is 0 Å². The third kappa shape index (κ3) is 3.67. The van der Waals surface area contributed by atoms with Crippen molar-refractivity contribution in [2.24, 2.45) is 0 Å². The number of hydrogen-bond donors (Lipinski definition) is 1. The lowest BCUT2D eigenvalue weighted by atomic mass is 10.2. The first-order valence-electron chi connectivity index (χ1n) is 5.43. The van der Waals surface area contributed by atoms with E-state index in [2.05, 4.69) is 22.1 Å². The van der Waals surface area contributed by atoms with Gasteiger partial charge in [-0.05, 0) is 34.0 Å². The molecule has 0 aliphatic rings. The first-order chi connectivity index (χ1) is 7.91. The van der Waals surface area contributed by atoms with Crippen molar-refractivity contribution in [1.82, 2.24) is 9.88 Å². The van der Waals surface area contributed by atoms with Crippen LogP contribution in [0, 0.1) is 17.0 Å². The number of nitro groups is 1. The summed E-state index contributed by atoms with van der Waals surface area (Å²) >= 11 is 0. The second-order valence-corrected chi connectivity index (χ2v) is 4.31. The highest BCUT2D eigenvalue weighted by atomic mass is 16.6. The van der Waals surface area contributed by atoms with Crippen molar-refractivity contribution in [2.75, 3.05) is 26.0 Å². The van der Waals surface area contributed by atoms with Crippen LogP contribution in [0.2, 0.25) is 0 Å². The normalized spacial score (nSPS) is 12.5. The summed E-state index contributed by atoms with van der Waals surface area (Å²) in [5, 5.41) is 13.8. The molecule has 1 unspecified atom stereocenters. The molecule has 94 valence electrons. The lowest BCUT2D eigenvalue weighted by Crippen LogP contribution is -2.31. The Bertz CT molecular complexity index is 406. The molecule has 0 amide bonds. The molecule has 6 nitrogen and oxygen atoms in total. The van der Waals surface area contributed by atoms with E-state index in [1.165, 1.54) is 6.20 Å².